The van der Waals surface area contributed by atoms with Crippen molar-refractivity contribution in [3.05, 3.63) is 59.9 Å². The van der Waals surface area contributed by atoms with Crippen molar-refractivity contribution >= 4 is 45.7 Å². The van der Waals surface area contributed by atoms with Crippen molar-refractivity contribution in [1.29, 1.82) is 0 Å². The predicted molar refractivity (Wildman–Crippen MR) is 108 cm³/mol. The van der Waals surface area contributed by atoms with Gasteiger partial charge in [0.15, 0.2) is 4.34 Å². The van der Waals surface area contributed by atoms with E-state index in [2.05, 4.69) is 23.5 Å². The van der Waals surface area contributed by atoms with Crippen LogP contribution in [0.3, 0.4) is 0 Å². The third kappa shape index (κ3) is 4.34. The van der Waals surface area contributed by atoms with Crippen LogP contribution in [0.15, 0.2) is 52.9 Å². The summed E-state index contributed by atoms with van der Waals surface area (Å²) in [4.78, 5) is 4.72. The lowest BCUT2D eigenvalue weighted by molar-refractivity contribution is 0.354. The van der Waals surface area contributed by atoms with Crippen LogP contribution in [0.4, 0.5) is 4.39 Å². The summed E-state index contributed by atoms with van der Waals surface area (Å²) in [5.74, 6) is 1.91. The molecule has 1 aliphatic rings. The topological polar surface area (TPSA) is 24.9 Å². The van der Waals surface area contributed by atoms with Crippen LogP contribution in [0.25, 0.3) is 10.2 Å². The number of para-hydroxylation sites is 1. The first-order valence-corrected chi connectivity index (χ1v) is 10.0. The van der Waals surface area contributed by atoms with E-state index in [-0.39, 0.29) is 18.2 Å². The SMILES string of the molecule is Cl.Fc1ccc([C@@H]2CCNC[C@H]2CSc2nc3ccccc3s2)cc1. The van der Waals surface area contributed by atoms with Crippen LogP contribution in [-0.4, -0.2) is 23.8 Å². The second kappa shape index (κ2) is 8.49. The first-order chi connectivity index (χ1) is 11.8. The average Bonchev–Trinajstić information content (AvgIpc) is 3.04. The number of piperidine rings is 1. The van der Waals surface area contributed by atoms with Crippen LogP contribution < -0.4 is 5.32 Å². The Kier molecular flexibility index (Phi) is 6.34. The lowest BCUT2D eigenvalue weighted by atomic mass is 9.82. The van der Waals surface area contributed by atoms with Gasteiger partial charge in [-0.25, -0.2) is 9.37 Å². The number of fused-ring (bicyclic) bond motifs is 1. The summed E-state index contributed by atoms with van der Waals surface area (Å²) in [6.07, 6.45) is 1.11. The molecule has 1 aliphatic heterocycles. The number of halogens is 2. The van der Waals surface area contributed by atoms with Crippen molar-refractivity contribution in [1.82, 2.24) is 10.3 Å². The van der Waals surface area contributed by atoms with Gasteiger partial charge in [-0.05, 0) is 61.2 Å². The Bertz CT molecular complexity index is 789. The molecule has 0 aliphatic carbocycles. The molecule has 1 saturated heterocycles. The third-order valence-electron chi connectivity index (χ3n) is 4.60. The number of thioether (sulfide) groups is 1. The first-order valence-electron chi connectivity index (χ1n) is 8.24. The van der Waals surface area contributed by atoms with Crippen LogP contribution in [0.2, 0.25) is 0 Å². The summed E-state index contributed by atoms with van der Waals surface area (Å²) in [6.45, 7) is 2.05. The number of rotatable bonds is 4. The number of hydrogen-bond acceptors (Lipinski definition) is 4. The van der Waals surface area contributed by atoms with Crippen molar-refractivity contribution in [2.24, 2.45) is 5.92 Å². The van der Waals surface area contributed by atoms with Crippen molar-refractivity contribution < 1.29 is 4.39 Å². The van der Waals surface area contributed by atoms with E-state index < -0.39 is 0 Å². The molecule has 3 aromatic rings. The van der Waals surface area contributed by atoms with E-state index >= 15 is 0 Å². The van der Waals surface area contributed by atoms with E-state index in [0.29, 0.717) is 11.8 Å². The molecule has 1 fully saturated rings. The van der Waals surface area contributed by atoms with Crippen molar-refractivity contribution in [2.45, 2.75) is 16.7 Å². The van der Waals surface area contributed by atoms with Crippen LogP contribution in [0, 0.1) is 11.7 Å². The number of benzene rings is 2. The minimum Gasteiger partial charge on any atom is -0.316 e. The molecular weight excluding hydrogens is 375 g/mol. The normalized spacial score (nSPS) is 20.4. The van der Waals surface area contributed by atoms with E-state index in [9.17, 15) is 4.39 Å². The Balaban J connectivity index is 0.00000182. The first kappa shape index (κ1) is 18.6. The molecule has 2 aromatic carbocycles. The average molecular weight is 395 g/mol. The Morgan fingerprint density at radius 1 is 1.16 bits per heavy atom. The minimum atomic E-state index is -0.159. The molecule has 1 aromatic heterocycles. The maximum atomic E-state index is 13.2. The molecule has 132 valence electrons. The van der Waals surface area contributed by atoms with Crippen molar-refractivity contribution in [3.63, 3.8) is 0 Å². The summed E-state index contributed by atoms with van der Waals surface area (Å²) >= 11 is 3.61. The predicted octanol–water partition coefficient (Wildman–Crippen LogP) is 5.34. The molecular formula is C19H20ClFN2S2. The molecule has 0 unspecified atom stereocenters. The Morgan fingerprint density at radius 2 is 1.96 bits per heavy atom. The fourth-order valence-electron chi connectivity index (χ4n) is 3.34. The molecule has 0 radical (unpaired) electrons. The highest BCUT2D eigenvalue weighted by Gasteiger charge is 2.26. The third-order valence-corrected chi connectivity index (χ3v) is 6.97. The summed E-state index contributed by atoms with van der Waals surface area (Å²) in [5.41, 5.74) is 2.34. The fraction of sp³-hybridized carbons (Fsp3) is 0.316. The number of aromatic nitrogens is 1. The maximum Gasteiger partial charge on any atom is 0.151 e. The van der Waals surface area contributed by atoms with Gasteiger partial charge in [-0.15, -0.1) is 23.7 Å². The van der Waals surface area contributed by atoms with Gasteiger partial charge in [0.2, 0.25) is 0 Å². The largest absolute Gasteiger partial charge is 0.316 e. The van der Waals surface area contributed by atoms with Crippen LogP contribution in [-0.2, 0) is 0 Å². The van der Waals surface area contributed by atoms with Crippen molar-refractivity contribution in [2.75, 3.05) is 18.8 Å². The van der Waals surface area contributed by atoms with Gasteiger partial charge in [-0.1, -0.05) is 36.0 Å². The monoisotopic (exact) mass is 394 g/mol. The molecule has 2 nitrogen and oxygen atoms in total. The second-order valence-corrected chi connectivity index (χ2v) is 8.47. The second-order valence-electron chi connectivity index (χ2n) is 6.17. The van der Waals surface area contributed by atoms with Crippen LogP contribution in [0.5, 0.6) is 0 Å². The Hall–Kier alpha value is -1.14. The zero-order chi connectivity index (χ0) is 16.4. The molecule has 0 spiro atoms. The van der Waals surface area contributed by atoms with Crippen LogP contribution in [0.1, 0.15) is 17.9 Å². The van der Waals surface area contributed by atoms with E-state index in [4.69, 9.17) is 4.98 Å². The Labute approximate surface area is 161 Å². The van der Waals surface area contributed by atoms with Gasteiger partial charge >= 0.3 is 0 Å². The molecule has 2 heterocycles. The summed E-state index contributed by atoms with van der Waals surface area (Å²) in [7, 11) is 0. The zero-order valence-corrected chi connectivity index (χ0v) is 16.1. The summed E-state index contributed by atoms with van der Waals surface area (Å²) < 4.78 is 15.6. The highest BCUT2D eigenvalue weighted by Crippen LogP contribution is 2.36. The number of nitrogens with zero attached hydrogens (tertiary/aromatic N) is 1. The zero-order valence-electron chi connectivity index (χ0n) is 13.7. The summed E-state index contributed by atoms with van der Waals surface area (Å²) in [6, 6.07) is 15.3. The number of hydrogen-bond donors (Lipinski definition) is 1. The minimum absolute atomic E-state index is 0. The Morgan fingerprint density at radius 3 is 2.76 bits per heavy atom. The molecule has 4 rings (SSSR count). The molecule has 0 bridgehead atoms. The quantitative estimate of drug-likeness (QED) is 0.604. The highest BCUT2D eigenvalue weighted by molar-refractivity contribution is 8.01. The molecule has 0 amide bonds. The highest BCUT2D eigenvalue weighted by atomic mass is 35.5. The molecule has 1 N–H and O–H groups in total. The van der Waals surface area contributed by atoms with E-state index in [0.717, 1.165) is 35.1 Å². The lowest BCUT2D eigenvalue weighted by Gasteiger charge is -2.32. The van der Waals surface area contributed by atoms with Gasteiger partial charge in [0.25, 0.3) is 0 Å². The molecule has 2 atom stereocenters. The molecule has 25 heavy (non-hydrogen) atoms. The van der Waals surface area contributed by atoms with Gasteiger partial charge in [0, 0.05) is 5.75 Å². The van der Waals surface area contributed by atoms with E-state index in [1.807, 2.05) is 30.0 Å². The van der Waals surface area contributed by atoms with E-state index in [1.165, 1.54) is 10.3 Å². The lowest BCUT2D eigenvalue weighted by Crippen LogP contribution is -2.36. The smallest absolute Gasteiger partial charge is 0.151 e. The van der Waals surface area contributed by atoms with Gasteiger partial charge in [-0.2, -0.15) is 0 Å². The van der Waals surface area contributed by atoms with Gasteiger partial charge in [0.1, 0.15) is 5.82 Å². The number of thiazole rings is 1. The van der Waals surface area contributed by atoms with Crippen LogP contribution >= 0.6 is 35.5 Å². The van der Waals surface area contributed by atoms with Crippen molar-refractivity contribution in [3.8, 4) is 0 Å². The van der Waals surface area contributed by atoms with Gasteiger partial charge in [-0.3, -0.25) is 0 Å². The fourth-order valence-corrected chi connectivity index (χ4v) is 5.61. The van der Waals surface area contributed by atoms with Gasteiger partial charge in [0.05, 0.1) is 10.2 Å². The molecule has 0 saturated carbocycles. The number of nitrogens with one attached hydrogen (secondary N) is 1. The molecule has 6 heteroatoms. The summed E-state index contributed by atoms with van der Waals surface area (Å²) in [5, 5.41) is 3.50. The standard InChI is InChI=1S/C19H19FN2S2.ClH/c20-15-7-5-13(6-8-15)16-9-10-21-11-14(16)12-23-19-22-17-3-1-2-4-18(17)24-19;/h1-8,14,16,21H,9-12H2;1H/t14-,16-;/m0./s1. The maximum absolute atomic E-state index is 13.2. The van der Waals surface area contributed by atoms with Gasteiger partial charge < -0.3 is 5.32 Å². The van der Waals surface area contributed by atoms with E-state index in [1.54, 1.807) is 23.5 Å².